The molecule has 0 atom stereocenters. The minimum atomic E-state index is -2.82. The molecule has 1 heterocycles. The minimum Gasteiger partial charge on any atom is -0.328 e. The van der Waals surface area contributed by atoms with E-state index in [1.165, 1.54) is 6.20 Å². The fraction of sp³-hybridized carbons (Fsp3) is 0.250. The fourth-order valence-electron chi connectivity index (χ4n) is 0.975. The monoisotopic (exact) mass is 310 g/mol. The lowest BCUT2D eigenvalue weighted by molar-refractivity contribution is 0.148. The summed E-state index contributed by atoms with van der Waals surface area (Å²) in [6, 6.07) is 1.84. The Morgan fingerprint density at radius 1 is 1.64 bits per heavy atom. The summed E-state index contributed by atoms with van der Waals surface area (Å²) < 4.78 is 25.0. The van der Waals surface area contributed by atoms with Crippen molar-refractivity contribution in [3.8, 4) is 6.07 Å². The summed E-state index contributed by atoms with van der Waals surface area (Å²) in [6.07, 6.45) is -1.52. The number of nitrogens with one attached hydrogen (secondary N) is 1. The minimum absolute atomic E-state index is 0.00870. The quantitative estimate of drug-likeness (QED) is 0.849. The Morgan fingerprint density at radius 3 is 2.79 bits per heavy atom. The highest BCUT2D eigenvalue weighted by Crippen LogP contribution is 2.23. The lowest BCUT2D eigenvalue weighted by Crippen LogP contribution is -2.16. The summed E-state index contributed by atoms with van der Waals surface area (Å²) in [5, 5.41) is 8.41. The molecule has 0 bridgehead atoms. The van der Waals surface area contributed by atoms with Gasteiger partial charge in [-0.15, -0.1) is 0 Å². The summed E-state index contributed by atoms with van der Waals surface area (Å²) in [5.41, 5.74) is -0.938. The Kier molecular flexibility index (Phi) is 3.57. The van der Waals surface area contributed by atoms with Crippen LogP contribution in [0.3, 0.4) is 0 Å². The third-order valence-corrected chi connectivity index (χ3v) is 2.90. The maximum Gasteiger partial charge on any atom is 0.270 e. The van der Waals surface area contributed by atoms with E-state index in [0.29, 0.717) is 5.56 Å². The number of halogens is 3. The highest BCUT2D eigenvalue weighted by molar-refractivity contribution is 14.1. The number of nitriles is 1. The van der Waals surface area contributed by atoms with E-state index < -0.39 is 17.5 Å². The zero-order chi connectivity index (χ0) is 10.7. The van der Waals surface area contributed by atoms with Crippen molar-refractivity contribution in [3.05, 3.63) is 31.2 Å². The molecule has 0 saturated carbocycles. The number of alkyl halides is 2. The van der Waals surface area contributed by atoms with E-state index in [4.69, 9.17) is 5.26 Å². The van der Waals surface area contributed by atoms with Gasteiger partial charge in [0.1, 0.15) is 0 Å². The van der Waals surface area contributed by atoms with Crippen molar-refractivity contribution in [2.75, 3.05) is 0 Å². The molecule has 0 aliphatic heterocycles. The summed E-state index contributed by atoms with van der Waals surface area (Å²) in [5.74, 6) is 0. The van der Waals surface area contributed by atoms with Crippen LogP contribution >= 0.6 is 22.6 Å². The third kappa shape index (κ3) is 2.09. The molecule has 74 valence electrons. The van der Waals surface area contributed by atoms with Gasteiger partial charge < -0.3 is 4.98 Å². The first kappa shape index (κ1) is 11.1. The van der Waals surface area contributed by atoms with Crippen molar-refractivity contribution in [2.24, 2.45) is 0 Å². The highest BCUT2D eigenvalue weighted by Gasteiger charge is 2.18. The van der Waals surface area contributed by atoms with E-state index in [-0.39, 0.29) is 9.99 Å². The second-order valence-electron chi connectivity index (χ2n) is 2.51. The standard InChI is InChI=1S/C8H5F2IN2O/c9-7(10)5-6(11)4(1-2-12)3-13-8(5)14/h3,7H,1H2,(H,13,14). The van der Waals surface area contributed by atoms with Crippen molar-refractivity contribution < 1.29 is 8.78 Å². The predicted octanol–water partition coefficient (Wildman–Crippen LogP) is 1.98. The first-order valence-electron chi connectivity index (χ1n) is 3.63. The average Bonchev–Trinajstić information content (AvgIpc) is 2.10. The maximum absolute atomic E-state index is 12.4. The van der Waals surface area contributed by atoms with E-state index in [2.05, 4.69) is 4.98 Å². The molecule has 6 heteroatoms. The van der Waals surface area contributed by atoms with Gasteiger partial charge in [-0.2, -0.15) is 5.26 Å². The number of aromatic amines is 1. The first-order chi connectivity index (χ1) is 6.57. The van der Waals surface area contributed by atoms with Crippen LogP contribution in [0, 0.1) is 14.9 Å². The smallest absolute Gasteiger partial charge is 0.270 e. The van der Waals surface area contributed by atoms with Crippen molar-refractivity contribution >= 4 is 22.6 Å². The van der Waals surface area contributed by atoms with Gasteiger partial charge in [0.2, 0.25) is 0 Å². The van der Waals surface area contributed by atoms with Crippen LogP contribution in [-0.4, -0.2) is 4.98 Å². The Bertz CT molecular complexity index is 436. The lowest BCUT2D eigenvalue weighted by atomic mass is 10.1. The van der Waals surface area contributed by atoms with Crippen molar-refractivity contribution in [1.29, 1.82) is 5.26 Å². The second-order valence-corrected chi connectivity index (χ2v) is 3.59. The number of H-pyrrole nitrogens is 1. The van der Waals surface area contributed by atoms with Gasteiger partial charge >= 0.3 is 0 Å². The van der Waals surface area contributed by atoms with E-state index >= 15 is 0 Å². The van der Waals surface area contributed by atoms with Crippen LogP contribution in [0.5, 0.6) is 0 Å². The summed E-state index contributed by atoms with van der Waals surface area (Å²) >= 11 is 1.65. The van der Waals surface area contributed by atoms with E-state index in [9.17, 15) is 13.6 Å². The number of pyridine rings is 1. The maximum atomic E-state index is 12.4. The molecule has 0 aromatic carbocycles. The molecular formula is C8H5F2IN2O. The number of aromatic nitrogens is 1. The van der Waals surface area contributed by atoms with Gasteiger partial charge in [0.15, 0.2) is 0 Å². The van der Waals surface area contributed by atoms with E-state index in [1.54, 1.807) is 22.6 Å². The van der Waals surface area contributed by atoms with E-state index in [0.717, 1.165) is 0 Å². The van der Waals surface area contributed by atoms with Crippen LogP contribution in [0.25, 0.3) is 0 Å². The topological polar surface area (TPSA) is 56.6 Å². The van der Waals surface area contributed by atoms with Gasteiger partial charge in [-0.05, 0) is 28.2 Å². The number of rotatable bonds is 2. The zero-order valence-electron chi connectivity index (χ0n) is 6.85. The summed E-state index contributed by atoms with van der Waals surface area (Å²) in [6.45, 7) is 0. The molecule has 1 rings (SSSR count). The SMILES string of the molecule is N#CCc1c[nH]c(=O)c(C(F)F)c1I. The van der Waals surface area contributed by atoms with Crippen molar-refractivity contribution in [3.63, 3.8) is 0 Å². The number of nitrogens with zero attached hydrogens (tertiary/aromatic N) is 1. The van der Waals surface area contributed by atoms with Gasteiger partial charge in [0.25, 0.3) is 12.0 Å². The molecule has 0 aliphatic rings. The van der Waals surface area contributed by atoms with Crippen molar-refractivity contribution in [2.45, 2.75) is 12.8 Å². The Balaban J connectivity index is 3.35. The molecular weight excluding hydrogens is 305 g/mol. The van der Waals surface area contributed by atoms with Gasteiger partial charge in [0.05, 0.1) is 18.1 Å². The summed E-state index contributed by atoms with van der Waals surface area (Å²) in [7, 11) is 0. The molecule has 0 fully saturated rings. The number of hydrogen-bond donors (Lipinski definition) is 1. The van der Waals surface area contributed by atoms with Crippen LogP contribution < -0.4 is 5.56 Å². The molecule has 3 nitrogen and oxygen atoms in total. The molecule has 0 unspecified atom stereocenters. The van der Waals surface area contributed by atoms with Gasteiger partial charge in [-0.1, -0.05) is 0 Å². The van der Waals surface area contributed by atoms with Gasteiger partial charge in [-0.25, -0.2) is 8.78 Å². The largest absolute Gasteiger partial charge is 0.328 e. The van der Waals surface area contributed by atoms with Crippen molar-refractivity contribution in [1.82, 2.24) is 4.98 Å². The zero-order valence-corrected chi connectivity index (χ0v) is 9.01. The molecule has 0 spiro atoms. The fourth-order valence-corrected chi connectivity index (χ4v) is 1.80. The molecule has 0 saturated heterocycles. The highest BCUT2D eigenvalue weighted by atomic mass is 127. The molecule has 0 aliphatic carbocycles. The van der Waals surface area contributed by atoms with Crippen LogP contribution in [-0.2, 0) is 6.42 Å². The Labute approximate surface area is 91.9 Å². The van der Waals surface area contributed by atoms with Crippen LogP contribution in [0.1, 0.15) is 17.6 Å². The second kappa shape index (κ2) is 4.50. The molecule has 0 amide bonds. The molecule has 0 radical (unpaired) electrons. The molecule has 1 aromatic heterocycles. The number of hydrogen-bond acceptors (Lipinski definition) is 2. The predicted molar refractivity (Wildman–Crippen MR) is 54.1 cm³/mol. The molecule has 1 N–H and O–H groups in total. The Morgan fingerprint density at radius 2 is 2.29 bits per heavy atom. The third-order valence-electron chi connectivity index (χ3n) is 1.63. The Hall–Kier alpha value is -0.970. The molecule has 14 heavy (non-hydrogen) atoms. The van der Waals surface area contributed by atoms with Crippen LogP contribution in [0.15, 0.2) is 11.0 Å². The lowest BCUT2D eigenvalue weighted by Gasteiger charge is -2.05. The first-order valence-corrected chi connectivity index (χ1v) is 4.71. The van der Waals surface area contributed by atoms with Crippen LogP contribution in [0.2, 0.25) is 0 Å². The van der Waals surface area contributed by atoms with Gasteiger partial charge in [-0.3, -0.25) is 4.79 Å². The van der Waals surface area contributed by atoms with Crippen LogP contribution in [0.4, 0.5) is 8.78 Å². The normalized spacial score (nSPS) is 10.2. The molecule has 1 aromatic rings. The summed E-state index contributed by atoms with van der Waals surface area (Å²) in [4.78, 5) is 13.2. The van der Waals surface area contributed by atoms with Gasteiger partial charge in [0, 0.05) is 9.77 Å². The van der Waals surface area contributed by atoms with E-state index in [1.807, 2.05) is 6.07 Å². The average molecular weight is 310 g/mol.